The van der Waals surface area contributed by atoms with Crippen molar-refractivity contribution in [2.45, 2.75) is 45.8 Å². The monoisotopic (exact) mass is 305 g/mol. The summed E-state index contributed by atoms with van der Waals surface area (Å²) in [7, 11) is -0.371. The average molecular weight is 305 g/mol. The van der Waals surface area contributed by atoms with Gasteiger partial charge in [0.05, 0.1) is 17.8 Å². The zero-order chi connectivity index (χ0) is 16.4. The molecule has 0 bridgehead atoms. The predicted octanol–water partition coefficient (Wildman–Crippen LogP) is 1.96. The molecule has 1 aliphatic heterocycles. The number of hydrogen-bond donors (Lipinski definition) is 1. The van der Waals surface area contributed by atoms with Crippen LogP contribution in [0.5, 0.6) is 0 Å². The molecule has 120 valence electrons. The fourth-order valence-electron chi connectivity index (χ4n) is 2.12. The molecular weight excluding hydrogens is 281 g/mol. The summed E-state index contributed by atoms with van der Waals surface area (Å²) in [4.78, 5) is 11.3. The number of benzene rings is 1. The van der Waals surface area contributed by atoms with Gasteiger partial charge in [0.25, 0.3) is 0 Å². The number of hydrogen-bond acceptors (Lipinski definition) is 5. The second kappa shape index (κ2) is 6.30. The Labute approximate surface area is 132 Å². The zero-order valence-electron chi connectivity index (χ0n) is 13.9. The third-order valence-electron chi connectivity index (χ3n) is 4.18. The maximum atomic E-state index is 11.3. The van der Waals surface area contributed by atoms with Gasteiger partial charge in [-0.25, -0.2) is 0 Å². The van der Waals surface area contributed by atoms with Crippen LogP contribution in [0, 0.1) is 0 Å². The number of ether oxygens (including phenoxy) is 1. The third kappa shape index (κ3) is 3.62. The van der Waals surface area contributed by atoms with E-state index in [0.29, 0.717) is 6.61 Å². The Morgan fingerprint density at radius 1 is 1.14 bits per heavy atom. The number of nitrogens with one attached hydrogen (secondary N) is 1. The number of esters is 1. The van der Waals surface area contributed by atoms with Gasteiger partial charge in [0.15, 0.2) is 0 Å². The van der Waals surface area contributed by atoms with Gasteiger partial charge in [-0.15, -0.1) is 0 Å². The average Bonchev–Trinajstić information content (AvgIpc) is 2.66. The van der Waals surface area contributed by atoms with Crippen molar-refractivity contribution in [3.05, 3.63) is 24.3 Å². The van der Waals surface area contributed by atoms with Gasteiger partial charge in [0.2, 0.25) is 0 Å². The lowest BCUT2D eigenvalue weighted by Crippen LogP contribution is -2.41. The molecule has 1 saturated heterocycles. The van der Waals surface area contributed by atoms with E-state index in [9.17, 15) is 4.79 Å². The molecule has 6 heteroatoms. The normalized spacial score (nSPS) is 19.0. The Balaban J connectivity index is 1.97. The van der Waals surface area contributed by atoms with Crippen LogP contribution in [0.2, 0.25) is 0 Å². The van der Waals surface area contributed by atoms with E-state index in [1.807, 2.05) is 52.0 Å². The second-order valence-electron chi connectivity index (χ2n) is 6.37. The van der Waals surface area contributed by atoms with Crippen LogP contribution in [0.4, 0.5) is 5.69 Å². The molecular formula is C16H24BNO4. The maximum Gasteiger partial charge on any atom is 0.494 e. The molecule has 1 fully saturated rings. The highest BCUT2D eigenvalue weighted by Gasteiger charge is 2.51. The Kier molecular flexibility index (Phi) is 4.82. The minimum atomic E-state index is -0.371. The van der Waals surface area contributed by atoms with Gasteiger partial charge in [0, 0.05) is 5.69 Å². The van der Waals surface area contributed by atoms with Crippen molar-refractivity contribution in [3.8, 4) is 0 Å². The minimum Gasteiger partial charge on any atom is -0.465 e. The van der Waals surface area contributed by atoms with Gasteiger partial charge in [-0.3, -0.25) is 4.79 Å². The third-order valence-corrected chi connectivity index (χ3v) is 4.18. The molecule has 0 saturated carbocycles. The van der Waals surface area contributed by atoms with E-state index in [2.05, 4.69) is 5.32 Å². The molecule has 0 atom stereocenters. The van der Waals surface area contributed by atoms with E-state index >= 15 is 0 Å². The van der Waals surface area contributed by atoms with Gasteiger partial charge >= 0.3 is 13.1 Å². The fraction of sp³-hybridized carbons (Fsp3) is 0.562. The van der Waals surface area contributed by atoms with Crippen LogP contribution in [-0.2, 0) is 18.8 Å². The van der Waals surface area contributed by atoms with Gasteiger partial charge in [-0.05, 0) is 52.2 Å². The van der Waals surface area contributed by atoms with Crippen LogP contribution >= 0.6 is 0 Å². The first-order chi connectivity index (χ1) is 10.2. The fourth-order valence-corrected chi connectivity index (χ4v) is 2.12. The van der Waals surface area contributed by atoms with Gasteiger partial charge in [-0.2, -0.15) is 0 Å². The van der Waals surface area contributed by atoms with Crippen LogP contribution in [0.3, 0.4) is 0 Å². The van der Waals surface area contributed by atoms with Crippen molar-refractivity contribution < 1.29 is 18.8 Å². The first kappa shape index (κ1) is 16.8. The largest absolute Gasteiger partial charge is 0.494 e. The summed E-state index contributed by atoms with van der Waals surface area (Å²) in [6, 6.07) is 7.68. The van der Waals surface area contributed by atoms with Gasteiger partial charge < -0.3 is 19.4 Å². The molecule has 5 nitrogen and oxygen atoms in total. The highest BCUT2D eigenvalue weighted by molar-refractivity contribution is 6.62. The van der Waals surface area contributed by atoms with Crippen molar-refractivity contribution in [1.29, 1.82) is 0 Å². The molecule has 0 aliphatic carbocycles. The molecule has 1 aromatic carbocycles. The predicted molar refractivity (Wildman–Crippen MR) is 87.3 cm³/mol. The summed E-state index contributed by atoms with van der Waals surface area (Å²) in [6.45, 7) is 10.5. The Hall–Kier alpha value is -1.53. The molecule has 0 spiro atoms. The highest BCUT2D eigenvalue weighted by atomic mass is 16.7. The first-order valence-electron chi connectivity index (χ1n) is 7.60. The molecule has 1 aliphatic rings. The lowest BCUT2D eigenvalue weighted by Gasteiger charge is -2.32. The first-order valence-corrected chi connectivity index (χ1v) is 7.60. The topological polar surface area (TPSA) is 56.8 Å². The van der Waals surface area contributed by atoms with E-state index in [-0.39, 0.29) is 30.8 Å². The Morgan fingerprint density at radius 3 is 2.18 bits per heavy atom. The lowest BCUT2D eigenvalue weighted by molar-refractivity contribution is -0.140. The van der Waals surface area contributed by atoms with Crippen molar-refractivity contribution in [1.82, 2.24) is 0 Å². The van der Waals surface area contributed by atoms with Crippen molar-refractivity contribution in [2.24, 2.45) is 0 Å². The molecule has 22 heavy (non-hydrogen) atoms. The van der Waals surface area contributed by atoms with E-state index < -0.39 is 0 Å². The maximum absolute atomic E-state index is 11.3. The van der Waals surface area contributed by atoms with Crippen molar-refractivity contribution >= 4 is 24.2 Å². The van der Waals surface area contributed by atoms with Crippen LogP contribution in [0.15, 0.2) is 24.3 Å². The molecule has 0 unspecified atom stereocenters. The van der Waals surface area contributed by atoms with Crippen molar-refractivity contribution in [2.75, 3.05) is 18.5 Å². The van der Waals surface area contributed by atoms with E-state index in [4.69, 9.17) is 14.0 Å². The summed E-state index contributed by atoms with van der Waals surface area (Å²) < 4.78 is 16.9. The van der Waals surface area contributed by atoms with E-state index in [1.165, 1.54) is 0 Å². The highest BCUT2D eigenvalue weighted by Crippen LogP contribution is 2.36. The van der Waals surface area contributed by atoms with Crippen molar-refractivity contribution in [3.63, 3.8) is 0 Å². The molecule has 0 amide bonds. The van der Waals surface area contributed by atoms with E-state index in [1.54, 1.807) is 6.92 Å². The lowest BCUT2D eigenvalue weighted by atomic mass is 9.79. The molecule has 1 heterocycles. The standard InChI is InChI=1S/C16H24BNO4/c1-6-20-14(19)11-18-13-9-7-12(8-10-13)17-21-15(2,3)16(4,5)22-17/h7-10,18H,6,11H2,1-5H3. The second-order valence-corrected chi connectivity index (χ2v) is 6.37. The molecule has 1 aromatic rings. The van der Waals surface area contributed by atoms with E-state index in [0.717, 1.165) is 11.2 Å². The summed E-state index contributed by atoms with van der Waals surface area (Å²) in [5.74, 6) is -0.266. The molecule has 0 aromatic heterocycles. The van der Waals surface area contributed by atoms with Crippen LogP contribution in [0.25, 0.3) is 0 Å². The quantitative estimate of drug-likeness (QED) is 0.666. The van der Waals surface area contributed by atoms with Crippen LogP contribution in [0.1, 0.15) is 34.6 Å². The number of rotatable bonds is 5. The van der Waals surface area contributed by atoms with Gasteiger partial charge in [-0.1, -0.05) is 12.1 Å². The number of carbonyl (C=O) groups excluding carboxylic acids is 1. The summed E-state index contributed by atoms with van der Waals surface area (Å²) >= 11 is 0. The molecule has 1 N–H and O–H groups in total. The number of anilines is 1. The smallest absolute Gasteiger partial charge is 0.465 e. The summed E-state index contributed by atoms with van der Waals surface area (Å²) in [5.41, 5.74) is 1.12. The molecule has 0 radical (unpaired) electrons. The van der Waals surface area contributed by atoms with Gasteiger partial charge in [0.1, 0.15) is 6.54 Å². The zero-order valence-corrected chi connectivity index (χ0v) is 13.9. The summed E-state index contributed by atoms with van der Waals surface area (Å²) in [5, 5.41) is 3.02. The Bertz CT molecular complexity index is 511. The minimum absolute atomic E-state index is 0.156. The number of carbonyl (C=O) groups is 1. The Morgan fingerprint density at radius 2 is 1.68 bits per heavy atom. The molecule has 2 rings (SSSR count). The van der Waals surface area contributed by atoms with Crippen LogP contribution in [-0.4, -0.2) is 37.4 Å². The summed E-state index contributed by atoms with van der Waals surface area (Å²) in [6.07, 6.45) is 0. The van der Waals surface area contributed by atoms with Crippen LogP contribution < -0.4 is 10.8 Å². The SMILES string of the molecule is CCOC(=O)CNc1ccc(B2OC(C)(C)C(C)(C)O2)cc1.